The number of aromatic nitrogens is 1. The number of rotatable bonds is 3. The van der Waals surface area contributed by atoms with E-state index in [4.69, 9.17) is 0 Å². The Hall–Kier alpha value is -3.41. The lowest BCUT2D eigenvalue weighted by molar-refractivity contribution is 0.102. The summed E-state index contributed by atoms with van der Waals surface area (Å²) >= 11 is 0. The lowest BCUT2D eigenvalue weighted by Gasteiger charge is -2.15. The molecule has 0 aliphatic carbocycles. The smallest absolute Gasteiger partial charge is 0.321 e. The number of benzene rings is 2. The molecule has 6 heteroatoms. The molecule has 0 spiro atoms. The van der Waals surface area contributed by atoms with Crippen molar-refractivity contribution in [3.05, 3.63) is 65.4 Å². The number of hydrogen-bond acceptors (Lipinski definition) is 3. The van der Waals surface area contributed by atoms with E-state index in [1.165, 1.54) is 0 Å². The van der Waals surface area contributed by atoms with E-state index in [1.807, 2.05) is 44.2 Å². The van der Waals surface area contributed by atoms with Gasteiger partial charge in [-0.3, -0.25) is 14.7 Å². The molecule has 27 heavy (non-hydrogen) atoms. The molecule has 2 aromatic carbocycles. The van der Waals surface area contributed by atoms with Crippen molar-refractivity contribution < 1.29 is 9.59 Å². The fraction of sp³-hybridized carbons (Fsp3) is 0.190. The van der Waals surface area contributed by atoms with E-state index >= 15 is 0 Å². The van der Waals surface area contributed by atoms with Gasteiger partial charge in [0.05, 0.1) is 11.1 Å². The van der Waals surface area contributed by atoms with E-state index in [2.05, 4.69) is 15.6 Å². The van der Waals surface area contributed by atoms with Crippen LogP contribution in [0.2, 0.25) is 0 Å². The summed E-state index contributed by atoms with van der Waals surface area (Å²) in [5.41, 5.74) is 4.77. The van der Waals surface area contributed by atoms with Gasteiger partial charge in [0, 0.05) is 35.5 Å². The molecule has 1 saturated heterocycles. The molecular weight excluding hydrogens is 340 g/mol. The number of pyridine rings is 1. The number of hydrogen-bond donors (Lipinski definition) is 2. The molecule has 0 atom stereocenters. The maximum atomic E-state index is 12.9. The number of fused-ring (bicyclic) bond motifs is 1. The standard InChI is InChI=1S/C21H20N4O2/c1-13-3-8-19-17(11-13)18(12-14(2)23-19)20(26)24-15-4-6-16(7-5-15)25-10-9-22-21(25)27/h3-8,11-12H,9-10H2,1-2H3,(H,22,27)(H,24,26). The second-order valence-electron chi connectivity index (χ2n) is 6.72. The molecule has 4 rings (SSSR count). The largest absolute Gasteiger partial charge is 0.336 e. The first-order valence-electron chi connectivity index (χ1n) is 8.86. The van der Waals surface area contributed by atoms with Crippen LogP contribution in [-0.4, -0.2) is 30.0 Å². The summed E-state index contributed by atoms with van der Waals surface area (Å²) in [6, 6.07) is 14.9. The second-order valence-corrected chi connectivity index (χ2v) is 6.72. The Bertz CT molecular complexity index is 1040. The topological polar surface area (TPSA) is 74.3 Å². The normalized spacial score (nSPS) is 13.7. The summed E-state index contributed by atoms with van der Waals surface area (Å²) in [5, 5.41) is 6.55. The van der Waals surface area contributed by atoms with Gasteiger partial charge in [0.15, 0.2) is 0 Å². The van der Waals surface area contributed by atoms with Crippen LogP contribution in [0.1, 0.15) is 21.6 Å². The van der Waals surface area contributed by atoms with Gasteiger partial charge in [0.1, 0.15) is 0 Å². The van der Waals surface area contributed by atoms with Crippen LogP contribution in [0.3, 0.4) is 0 Å². The highest BCUT2D eigenvalue weighted by atomic mass is 16.2. The average molecular weight is 360 g/mol. The molecule has 2 heterocycles. The van der Waals surface area contributed by atoms with E-state index in [0.29, 0.717) is 24.3 Å². The van der Waals surface area contributed by atoms with Gasteiger partial charge in [0.2, 0.25) is 0 Å². The number of amides is 3. The van der Waals surface area contributed by atoms with Crippen molar-refractivity contribution >= 4 is 34.2 Å². The lowest BCUT2D eigenvalue weighted by atomic mass is 10.0. The van der Waals surface area contributed by atoms with Crippen LogP contribution in [0.25, 0.3) is 10.9 Å². The molecule has 1 fully saturated rings. The van der Waals surface area contributed by atoms with Gasteiger partial charge in [-0.25, -0.2) is 4.79 Å². The first-order valence-corrected chi connectivity index (χ1v) is 8.86. The highest BCUT2D eigenvalue weighted by molar-refractivity contribution is 6.12. The van der Waals surface area contributed by atoms with Crippen molar-refractivity contribution in [2.75, 3.05) is 23.3 Å². The number of nitrogens with one attached hydrogen (secondary N) is 2. The number of carbonyl (C=O) groups excluding carboxylic acids is 2. The third kappa shape index (κ3) is 3.33. The minimum absolute atomic E-state index is 0.0964. The molecule has 1 aromatic heterocycles. The molecule has 3 aromatic rings. The van der Waals surface area contributed by atoms with Crippen molar-refractivity contribution in [1.82, 2.24) is 10.3 Å². The van der Waals surface area contributed by atoms with Gasteiger partial charge >= 0.3 is 6.03 Å². The minimum Gasteiger partial charge on any atom is -0.336 e. The van der Waals surface area contributed by atoms with Gasteiger partial charge in [-0.1, -0.05) is 11.6 Å². The SMILES string of the molecule is Cc1ccc2nc(C)cc(C(=O)Nc3ccc(N4CCNC4=O)cc3)c2c1. The van der Waals surface area contributed by atoms with Gasteiger partial charge in [0.25, 0.3) is 5.91 Å². The zero-order chi connectivity index (χ0) is 19.0. The number of anilines is 2. The summed E-state index contributed by atoms with van der Waals surface area (Å²) < 4.78 is 0. The van der Waals surface area contributed by atoms with E-state index < -0.39 is 0 Å². The molecule has 1 aliphatic heterocycles. The first-order chi connectivity index (χ1) is 13.0. The summed E-state index contributed by atoms with van der Waals surface area (Å²) in [7, 11) is 0. The van der Waals surface area contributed by atoms with Gasteiger partial charge in [-0.05, 0) is 56.3 Å². The number of aryl methyl sites for hydroxylation is 2. The summed E-state index contributed by atoms with van der Waals surface area (Å²) in [4.78, 5) is 30.8. The molecule has 0 radical (unpaired) electrons. The minimum atomic E-state index is -0.178. The zero-order valence-corrected chi connectivity index (χ0v) is 15.2. The van der Waals surface area contributed by atoms with Gasteiger partial charge < -0.3 is 10.6 Å². The van der Waals surface area contributed by atoms with Crippen LogP contribution < -0.4 is 15.5 Å². The van der Waals surface area contributed by atoms with Gasteiger partial charge in [-0.15, -0.1) is 0 Å². The van der Waals surface area contributed by atoms with Crippen LogP contribution in [0, 0.1) is 13.8 Å². The third-order valence-electron chi connectivity index (χ3n) is 4.63. The van der Waals surface area contributed by atoms with Gasteiger partial charge in [-0.2, -0.15) is 0 Å². The number of urea groups is 1. The monoisotopic (exact) mass is 360 g/mol. The molecule has 136 valence electrons. The fourth-order valence-corrected chi connectivity index (χ4v) is 3.30. The van der Waals surface area contributed by atoms with Crippen LogP contribution in [0.4, 0.5) is 16.2 Å². The van der Waals surface area contributed by atoms with Crippen molar-refractivity contribution in [1.29, 1.82) is 0 Å². The van der Waals surface area contributed by atoms with Crippen molar-refractivity contribution in [3.63, 3.8) is 0 Å². The second kappa shape index (κ2) is 6.72. The first kappa shape index (κ1) is 17.0. The number of nitrogens with zero attached hydrogens (tertiary/aromatic N) is 2. The molecule has 0 bridgehead atoms. The Morgan fingerprint density at radius 1 is 1.11 bits per heavy atom. The third-order valence-corrected chi connectivity index (χ3v) is 4.63. The molecule has 6 nitrogen and oxygen atoms in total. The summed E-state index contributed by atoms with van der Waals surface area (Å²) in [6.07, 6.45) is 0. The van der Waals surface area contributed by atoms with Crippen LogP contribution in [0.15, 0.2) is 48.5 Å². The van der Waals surface area contributed by atoms with E-state index in [0.717, 1.165) is 27.8 Å². The highest BCUT2D eigenvalue weighted by Gasteiger charge is 2.21. The fourth-order valence-electron chi connectivity index (χ4n) is 3.30. The van der Waals surface area contributed by atoms with Crippen molar-refractivity contribution in [2.45, 2.75) is 13.8 Å². The summed E-state index contributed by atoms with van der Waals surface area (Å²) in [6.45, 7) is 5.16. The average Bonchev–Trinajstić information content (AvgIpc) is 3.08. The van der Waals surface area contributed by atoms with E-state index in [9.17, 15) is 9.59 Å². The zero-order valence-electron chi connectivity index (χ0n) is 15.2. The van der Waals surface area contributed by atoms with Crippen LogP contribution in [0.5, 0.6) is 0 Å². The predicted octanol–water partition coefficient (Wildman–Crippen LogP) is 3.63. The van der Waals surface area contributed by atoms with E-state index in [1.54, 1.807) is 23.1 Å². The predicted molar refractivity (Wildman–Crippen MR) is 106 cm³/mol. The molecule has 2 N–H and O–H groups in total. The van der Waals surface area contributed by atoms with Crippen molar-refractivity contribution in [2.24, 2.45) is 0 Å². The molecular formula is C21H20N4O2. The molecule has 1 aliphatic rings. The maximum absolute atomic E-state index is 12.9. The number of carbonyl (C=O) groups is 2. The maximum Gasteiger partial charge on any atom is 0.321 e. The molecule has 0 unspecified atom stereocenters. The van der Waals surface area contributed by atoms with E-state index in [-0.39, 0.29) is 11.9 Å². The lowest BCUT2D eigenvalue weighted by Crippen LogP contribution is -2.27. The Morgan fingerprint density at radius 2 is 1.89 bits per heavy atom. The van der Waals surface area contributed by atoms with Crippen LogP contribution in [-0.2, 0) is 0 Å². The Balaban J connectivity index is 1.60. The Labute approximate surface area is 157 Å². The summed E-state index contributed by atoms with van der Waals surface area (Å²) in [5.74, 6) is -0.178. The molecule has 3 amide bonds. The Morgan fingerprint density at radius 3 is 2.59 bits per heavy atom. The van der Waals surface area contributed by atoms with Crippen molar-refractivity contribution in [3.8, 4) is 0 Å². The van der Waals surface area contributed by atoms with Crippen LogP contribution >= 0.6 is 0 Å². The highest BCUT2D eigenvalue weighted by Crippen LogP contribution is 2.23. The quantitative estimate of drug-likeness (QED) is 0.749. The molecule has 0 saturated carbocycles. The Kier molecular flexibility index (Phi) is 4.24.